The fourth-order valence-electron chi connectivity index (χ4n) is 2.40. The Morgan fingerprint density at radius 1 is 1.24 bits per heavy atom. The van der Waals surface area contributed by atoms with Crippen molar-refractivity contribution in [3.05, 3.63) is 58.6 Å². The average Bonchev–Trinajstić information content (AvgIpc) is 3.27. The lowest BCUT2D eigenvalue weighted by Gasteiger charge is -2.12. The van der Waals surface area contributed by atoms with Gasteiger partial charge in [0, 0.05) is 31.1 Å². The van der Waals surface area contributed by atoms with E-state index >= 15 is 0 Å². The maximum absolute atomic E-state index is 4.46. The Hall–Kier alpha value is -2.74. The summed E-state index contributed by atoms with van der Waals surface area (Å²) in [4.78, 5) is 8.71. The molecule has 0 aliphatic rings. The summed E-state index contributed by atoms with van der Waals surface area (Å²) < 4.78 is 1.96. The highest BCUT2D eigenvalue weighted by Gasteiger charge is 2.07. The summed E-state index contributed by atoms with van der Waals surface area (Å²) in [5.41, 5.74) is 2.14. The van der Waals surface area contributed by atoms with Crippen molar-refractivity contribution >= 4 is 17.3 Å². The van der Waals surface area contributed by atoms with E-state index in [1.807, 2.05) is 41.8 Å². The van der Waals surface area contributed by atoms with Gasteiger partial charge >= 0.3 is 0 Å². The highest BCUT2D eigenvalue weighted by atomic mass is 32.1. The van der Waals surface area contributed by atoms with Gasteiger partial charge in [0.1, 0.15) is 6.33 Å². The van der Waals surface area contributed by atoms with Crippen LogP contribution in [0.5, 0.6) is 0 Å². The van der Waals surface area contributed by atoms with Gasteiger partial charge in [-0.15, -0.1) is 21.5 Å². The molecule has 0 atom stereocenters. The highest BCUT2D eigenvalue weighted by molar-refractivity contribution is 7.09. The third-order valence-electron chi connectivity index (χ3n) is 3.63. The van der Waals surface area contributed by atoms with Crippen LogP contribution in [0.3, 0.4) is 0 Å². The molecule has 0 aliphatic heterocycles. The molecule has 1 aromatic carbocycles. The minimum atomic E-state index is 0.532. The Morgan fingerprint density at radius 2 is 2.08 bits per heavy atom. The summed E-state index contributed by atoms with van der Waals surface area (Å²) in [6, 6.07) is 10.0. The average molecular weight is 355 g/mol. The second kappa shape index (κ2) is 8.39. The third kappa shape index (κ3) is 4.63. The summed E-state index contributed by atoms with van der Waals surface area (Å²) in [6.45, 7) is 3.32. The van der Waals surface area contributed by atoms with Crippen molar-refractivity contribution in [1.29, 1.82) is 0 Å². The summed E-state index contributed by atoms with van der Waals surface area (Å²) in [6.07, 6.45) is 2.58. The summed E-state index contributed by atoms with van der Waals surface area (Å²) in [5, 5.41) is 18.0. The smallest absolute Gasteiger partial charge is 0.191 e. The minimum Gasteiger partial charge on any atom is -0.356 e. The molecule has 2 aromatic heterocycles. The van der Waals surface area contributed by atoms with Crippen molar-refractivity contribution in [2.24, 2.45) is 4.99 Å². The Morgan fingerprint density at radius 3 is 2.80 bits per heavy atom. The predicted octanol–water partition coefficient (Wildman–Crippen LogP) is 1.94. The molecule has 0 saturated carbocycles. The zero-order valence-corrected chi connectivity index (χ0v) is 15.1. The van der Waals surface area contributed by atoms with E-state index in [4.69, 9.17) is 0 Å². The van der Waals surface area contributed by atoms with Crippen LogP contribution in [-0.4, -0.2) is 39.3 Å². The number of aromatic nitrogens is 4. The number of hydrogen-bond donors (Lipinski definition) is 2. The number of thiazole rings is 1. The van der Waals surface area contributed by atoms with E-state index in [0.717, 1.165) is 41.1 Å². The van der Waals surface area contributed by atoms with Crippen LogP contribution in [0.15, 0.2) is 47.0 Å². The van der Waals surface area contributed by atoms with Gasteiger partial charge in [-0.1, -0.05) is 18.2 Å². The minimum absolute atomic E-state index is 0.532. The van der Waals surface area contributed by atoms with E-state index < -0.39 is 0 Å². The molecule has 0 saturated heterocycles. The van der Waals surface area contributed by atoms with E-state index in [1.54, 1.807) is 24.7 Å². The van der Waals surface area contributed by atoms with Crippen LogP contribution >= 0.6 is 11.3 Å². The number of guanidine groups is 1. The number of nitrogens with zero attached hydrogens (tertiary/aromatic N) is 5. The van der Waals surface area contributed by atoms with Gasteiger partial charge in [-0.05, 0) is 19.1 Å². The number of hydrogen-bond acceptors (Lipinski definition) is 5. The van der Waals surface area contributed by atoms with E-state index in [1.165, 1.54) is 0 Å². The largest absolute Gasteiger partial charge is 0.356 e. The number of aliphatic imine (C=N–C) groups is 1. The second-order valence-corrected chi connectivity index (χ2v) is 6.48. The zero-order chi connectivity index (χ0) is 17.5. The molecule has 0 unspecified atom stereocenters. The molecule has 8 heteroatoms. The molecular formula is C17H21N7S. The van der Waals surface area contributed by atoms with Crippen LogP contribution in [0.1, 0.15) is 16.5 Å². The van der Waals surface area contributed by atoms with Gasteiger partial charge < -0.3 is 10.6 Å². The Bertz CT molecular complexity index is 822. The molecule has 0 amide bonds. The quantitative estimate of drug-likeness (QED) is 0.522. The highest BCUT2D eigenvalue weighted by Crippen LogP contribution is 2.09. The van der Waals surface area contributed by atoms with Crippen LogP contribution in [-0.2, 0) is 13.0 Å². The molecule has 3 rings (SSSR count). The SMILES string of the molecule is CN=C(NCCc1csc(C)n1)NCc1nncn1-c1ccccc1. The fourth-order valence-corrected chi connectivity index (χ4v) is 3.05. The second-order valence-electron chi connectivity index (χ2n) is 5.41. The molecule has 3 aromatic rings. The molecule has 0 radical (unpaired) electrons. The lowest BCUT2D eigenvalue weighted by Crippen LogP contribution is -2.38. The summed E-state index contributed by atoms with van der Waals surface area (Å²) in [7, 11) is 1.75. The maximum Gasteiger partial charge on any atom is 0.191 e. The molecule has 0 bridgehead atoms. The lowest BCUT2D eigenvalue weighted by molar-refractivity contribution is 0.746. The first-order valence-corrected chi connectivity index (χ1v) is 8.94. The standard InChI is InChI=1S/C17H21N7S/c1-13-22-14(11-25-13)8-9-19-17(18-2)20-10-16-23-21-12-24(16)15-6-4-3-5-7-15/h3-7,11-12H,8-10H2,1-2H3,(H2,18,19,20). The van der Waals surface area contributed by atoms with E-state index in [2.05, 4.69) is 36.2 Å². The van der Waals surface area contributed by atoms with Gasteiger partial charge in [0.15, 0.2) is 11.8 Å². The number of benzene rings is 1. The molecule has 0 fully saturated rings. The van der Waals surface area contributed by atoms with Gasteiger partial charge in [0.05, 0.1) is 17.2 Å². The van der Waals surface area contributed by atoms with Crippen LogP contribution in [0, 0.1) is 6.92 Å². The molecular weight excluding hydrogens is 334 g/mol. The van der Waals surface area contributed by atoms with E-state index in [9.17, 15) is 0 Å². The predicted molar refractivity (Wildman–Crippen MR) is 100 cm³/mol. The Kier molecular flexibility index (Phi) is 5.73. The normalized spacial score (nSPS) is 11.5. The van der Waals surface area contributed by atoms with Gasteiger partial charge in [-0.2, -0.15) is 0 Å². The zero-order valence-electron chi connectivity index (χ0n) is 14.3. The van der Waals surface area contributed by atoms with E-state index in [0.29, 0.717) is 6.54 Å². The van der Waals surface area contributed by atoms with Crippen molar-refractivity contribution in [2.75, 3.05) is 13.6 Å². The van der Waals surface area contributed by atoms with Crippen molar-refractivity contribution in [3.8, 4) is 5.69 Å². The lowest BCUT2D eigenvalue weighted by atomic mass is 10.3. The van der Waals surface area contributed by atoms with Gasteiger partial charge in [0.25, 0.3) is 0 Å². The third-order valence-corrected chi connectivity index (χ3v) is 4.45. The summed E-state index contributed by atoms with van der Waals surface area (Å²) >= 11 is 1.67. The molecule has 0 aliphatic carbocycles. The summed E-state index contributed by atoms with van der Waals surface area (Å²) in [5.74, 6) is 1.55. The van der Waals surface area contributed by atoms with Crippen molar-refractivity contribution in [3.63, 3.8) is 0 Å². The molecule has 7 nitrogen and oxygen atoms in total. The van der Waals surface area contributed by atoms with Gasteiger partial charge in [-0.25, -0.2) is 4.98 Å². The molecule has 2 N–H and O–H groups in total. The fraction of sp³-hybridized carbons (Fsp3) is 0.294. The Labute approximate surface area is 150 Å². The van der Waals surface area contributed by atoms with Gasteiger partial charge in [-0.3, -0.25) is 9.56 Å². The number of rotatable bonds is 6. The first-order valence-electron chi connectivity index (χ1n) is 8.06. The maximum atomic E-state index is 4.46. The molecule has 130 valence electrons. The van der Waals surface area contributed by atoms with E-state index in [-0.39, 0.29) is 0 Å². The topological polar surface area (TPSA) is 80.0 Å². The molecule has 2 heterocycles. The number of aryl methyl sites for hydroxylation is 1. The van der Waals surface area contributed by atoms with Crippen LogP contribution in [0.4, 0.5) is 0 Å². The van der Waals surface area contributed by atoms with Gasteiger partial charge in [0.2, 0.25) is 0 Å². The number of para-hydroxylation sites is 1. The van der Waals surface area contributed by atoms with Crippen molar-refractivity contribution in [1.82, 2.24) is 30.4 Å². The van der Waals surface area contributed by atoms with Crippen LogP contribution < -0.4 is 10.6 Å². The molecule has 25 heavy (non-hydrogen) atoms. The number of nitrogens with one attached hydrogen (secondary N) is 2. The monoisotopic (exact) mass is 355 g/mol. The van der Waals surface area contributed by atoms with Crippen LogP contribution in [0.25, 0.3) is 5.69 Å². The van der Waals surface area contributed by atoms with Crippen molar-refractivity contribution < 1.29 is 0 Å². The van der Waals surface area contributed by atoms with Crippen LogP contribution in [0.2, 0.25) is 0 Å². The molecule has 0 spiro atoms. The first-order chi connectivity index (χ1) is 12.3. The first kappa shape index (κ1) is 17.1. The van der Waals surface area contributed by atoms with Crippen molar-refractivity contribution in [2.45, 2.75) is 19.9 Å². The Balaban J connectivity index is 1.53.